The van der Waals surface area contributed by atoms with Crippen LogP contribution < -0.4 is 4.74 Å². The van der Waals surface area contributed by atoms with Gasteiger partial charge < -0.3 is 14.5 Å². The molecule has 6 heteroatoms. The fourth-order valence-corrected chi connectivity index (χ4v) is 2.78. The number of nitrogens with zero attached hydrogens (tertiary/aromatic N) is 3. The van der Waals surface area contributed by atoms with Gasteiger partial charge in [0.1, 0.15) is 5.75 Å². The van der Waals surface area contributed by atoms with Gasteiger partial charge in [0.05, 0.1) is 6.54 Å². The van der Waals surface area contributed by atoms with Crippen molar-refractivity contribution in [3.8, 4) is 5.75 Å². The predicted molar refractivity (Wildman–Crippen MR) is 92.9 cm³/mol. The van der Waals surface area contributed by atoms with Gasteiger partial charge >= 0.3 is 0 Å². The first kappa shape index (κ1) is 18.3. The summed E-state index contributed by atoms with van der Waals surface area (Å²) in [7, 11) is 0. The lowest BCUT2D eigenvalue weighted by Crippen LogP contribution is -2.52. The summed E-state index contributed by atoms with van der Waals surface area (Å²) in [6.07, 6.45) is 0. The van der Waals surface area contributed by atoms with Crippen molar-refractivity contribution in [2.75, 3.05) is 52.4 Å². The summed E-state index contributed by atoms with van der Waals surface area (Å²) in [5.41, 5.74) is 0. The van der Waals surface area contributed by atoms with Crippen LogP contribution in [0, 0.1) is 0 Å². The summed E-state index contributed by atoms with van der Waals surface area (Å²) in [6, 6.07) is 9.35. The Morgan fingerprint density at radius 3 is 2.25 bits per heavy atom. The lowest BCUT2D eigenvalue weighted by Gasteiger charge is -2.35. The Morgan fingerprint density at radius 2 is 1.67 bits per heavy atom. The molecule has 0 aromatic heterocycles. The topological polar surface area (TPSA) is 53.1 Å². The monoisotopic (exact) mass is 333 g/mol. The molecule has 6 nitrogen and oxygen atoms in total. The molecular weight excluding hydrogens is 306 g/mol. The van der Waals surface area contributed by atoms with Crippen LogP contribution in [0.4, 0.5) is 0 Å². The van der Waals surface area contributed by atoms with E-state index in [-0.39, 0.29) is 18.4 Å². The largest absolute Gasteiger partial charge is 0.484 e. The second kappa shape index (κ2) is 9.27. The Bertz CT molecular complexity index is 524. The molecule has 1 heterocycles. The third kappa shape index (κ3) is 5.23. The van der Waals surface area contributed by atoms with Crippen molar-refractivity contribution >= 4 is 11.8 Å². The van der Waals surface area contributed by atoms with Crippen LogP contribution in [0.2, 0.25) is 0 Å². The molecule has 0 aliphatic carbocycles. The van der Waals surface area contributed by atoms with Gasteiger partial charge in [0, 0.05) is 39.3 Å². The van der Waals surface area contributed by atoms with E-state index < -0.39 is 0 Å². The zero-order valence-corrected chi connectivity index (χ0v) is 14.6. The standard InChI is InChI=1S/C18H27N3O3/c1-3-20(4-2)17(22)14-19-10-12-21(13-11-19)18(23)15-24-16-8-6-5-7-9-16/h5-9H,3-4,10-15H2,1-2H3. The van der Waals surface area contributed by atoms with E-state index in [0.717, 1.165) is 26.2 Å². The van der Waals surface area contributed by atoms with Gasteiger partial charge in [-0.2, -0.15) is 0 Å². The van der Waals surface area contributed by atoms with Crippen molar-refractivity contribution in [2.24, 2.45) is 0 Å². The number of hydrogen-bond donors (Lipinski definition) is 0. The zero-order chi connectivity index (χ0) is 17.4. The van der Waals surface area contributed by atoms with E-state index in [1.807, 2.05) is 49.1 Å². The van der Waals surface area contributed by atoms with Gasteiger partial charge in [0.25, 0.3) is 5.91 Å². The number of rotatable bonds is 7. The summed E-state index contributed by atoms with van der Waals surface area (Å²) in [5, 5.41) is 0. The third-order valence-corrected chi connectivity index (χ3v) is 4.31. The average molecular weight is 333 g/mol. The Kier molecular flexibility index (Phi) is 7.06. The number of piperazine rings is 1. The molecule has 0 N–H and O–H groups in total. The molecule has 0 bridgehead atoms. The van der Waals surface area contributed by atoms with Crippen LogP contribution in [0.15, 0.2) is 30.3 Å². The molecule has 1 fully saturated rings. The van der Waals surface area contributed by atoms with Gasteiger partial charge in [-0.25, -0.2) is 0 Å². The Morgan fingerprint density at radius 1 is 1.04 bits per heavy atom. The van der Waals surface area contributed by atoms with Crippen LogP contribution in [0.25, 0.3) is 0 Å². The summed E-state index contributed by atoms with van der Waals surface area (Å²) >= 11 is 0. The summed E-state index contributed by atoms with van der Waals surface area (Å²) in [4.78, 5) is 30.1. The Hall–Kier alpha value is -2.08. The van der Waals surface area contributed by atoms with Gasteiger partial charge in [-0.05, 0) is 26.0 Å². The first-order valence-corrected chi connectivity index (χ1v) is 8.59. The number of likely N-dealkylation sites (N-methyl/N-ethyl adjacent to an activating group) is 1. The minimum Gasteiger partial charge on any atom is -0.484 e. The van der Waals surface area contributed by atoms with Crippen molar-refractivity contribution in [3.05, 3.63) is 30.3 Å². The molecular formula is C18H27N3O3. The maximum atomic E-state index is 12.2. The third-order valence-electron chi connectivity index (χ3n) is 4.31. The van der Waals surface area contributed by atoms with Crippen molar-refractivity contribution in [1.82, 2.24) is 14.7 Å². The number of para-hydroxylation sites is 1. The highest BCUT2D eigenvalue weighted by atomic mass is 16.5. The molecule has 1 aliphatic rings. The second-order valence-electron chi connectivity index (χ2n) is 5.82. The molecule has 1 aromatic rings. The number of amides is 2. The van der Waals surface area contributed by atoms with E-state index in [0.29, 0.717) is 25.4 Å². The molecule has 1 aliphatic heterocycles. The number of hydrogen-bond acceptors (Lipinski definition) is 4. The van der Waals surface area contributed by atoms with E-state index in [1.165, 1.54) is 0 Å². The van der Waals surface area contributed by atoms with Crippen molar-refractivity contribution in [2.45, 2.75) is 13.8 Å². The quantitative estimate of drug-likeness (QED) is 0.749. The molecule has 0 atom stereocenters. The predicted octanol–water partition coefficient (Wildman–Crippen LogP) is 1.08. The SMILES string of the molecule is CCN(CC)C(=O)CN1CCN(C(=O)COc2ccccc2)CC1. The molecule has 0 saturated carbocycles. The molecule has 2 amide bonds. The van der Waals surface area contributed by atoms with E-state index in [2.05, 4.69) is 4.90 Å². The molecule has 1 aromatic carbocycles. The van der Waals surface area contributed by atoms with Crippen LogP contribution in [0.3, 0.4) is 0 Å². The summed E-state index contributed by atoms with van der Waals surface area (Å²) in [5.74, 6) is 0.857. The molecule has 0 radical (unpaired) electrons. The summed E-state index contributed by atoms with van der Waals surface area (Å²) < 4.78 is 5.51. The maximum Gasteiger partial charge on any atom is 0.260 e. The van der Waals surface area contributed by atoms with Crippen LogP contribution >= 0.6 is 0 Å². The van der Waals surface area contributed by atoms with Crippen molar-refractivity contribution in [1.29, 1.82) is 0 Å². The van der Waals surface area contributed by atoms with Crippen LogP contribution in [-0.4, -0.2) is 78.9 Å². The van der Waals surface area contributed by atoms with Gasteiger partial charge in [0.15, 0.2) is 6.61 Å². The maximum absolute atomic E-state index is 12.2. The molecule has 1 saturated heterocycles. The highest BCUT2D eigenvalue weighted by Crippen LogP contribution is 2.09. The van der Waals surface area contributed by atoms with E-state index in [4.69, 9.17) is 4.74 Å². The highest BCUT2D eigenvalue weighted by Gasteiger charge is 2.23. The van der Waals surface area contributed by atoms with Crippen LogP contribution in [0.5, 0.6) is 5.75 Å². The lowest BCUT2D eigenvalue weighted by atomic mass is 10.3. The number of benzene rings is 1. The average Bonchev–Trinajstić information content (AvgIpc) is 2.62. The van der Waals surface area contributed by atoms with E-state index in [9.17, 15) is 9.59 Å². The lowest BCUT2D eigenvalue weighted by molar-refractivity contribution is -0.136. The normalized spacial score (nSPS) is 15.2. The second-order valence-corrected chi connectivity index (χ2v) is 5.82. The van der Waals surface area contributed by atoms with Crippen LogP contribution in [0.1, 0.15) is 13.8 Å². The van der Waals surface area contributed by atoms with E-state index in [1.54, 1.807) is 4.90 Å². The molecule has 2 rings (SSSR count). The Labute approximate surface area is 144 Å². The Balaban J connectivity index is 1.72. The summed E-state index contributed by atoms with van der Waals surface area (Å²) in [6.45, 7) is 8.69. The highest BCUT2D eigenvalue weighted by molar-refractivity contribution is 5.79. The van der Waals surface area contributed by atoms with Gasteiger partial charge in [-0.15, -0.1) is 0 Å². The fraction of sp³-hybridized carbons (Fsp3) is 0.556. The number of carbonyl (C=O) groups excluding carboxylic acids is 2. The molecule has 132 valence electrons. The van der Waals surface area contributed by atoms with Gasteiger partial charge in [0.2, 0.25) is 5.91 Å². The molecule has 24 heavy (non-hydrogen) atoms. The first-order valence-electron chi connectivity index (χ1n) is 8.59. The molecule has 0 unspecified atom stereocenters. The smallest absolute Gasteiger partial charge is 0.260 e. The number of ether oxygens (including phenoxy) is 1. The van der Waals surface area contributed by atoms with Crippen molar-refractivity contribution < 1.29 is 14.3 Å². The van der Waals surface area contributed by atoms with E-state index >= 15 is 0 Å². The zero-order valence-electron chi connectivity index (χ0n) is 14.6. The van der Waals surface area contributed by atoms with Crippen molar-refractivity contribution in [3.63, 3.8) is 0 Å². The van der Waals surface area contributed by atoms with Gasteiger partial charge in [-0.1, -0.05) is 18.2 Å². The van der Waals surface area contributed by atoms with Crippen LogP contribution in [-0.2, 0) is 9.59 Å². The fourth-order valence-electron chi connectivity index (χ4n) is 2.78. The number of carbonyl (C=O) groups is 2. The molecule has 0 spiro atoms. The first-order chi connectivity index (χ1) is 11.6. The minimum atomic E-state index is -0.00595. The van der Waals surface area contributed by atoms with Gasteiger partial charge in [-0.3, -0.25) is 14.5 Å². The minimum absolute atomic E-state index is 0.00595.